The number of piperazine rings is 1. The van der Waals surface area contributed by atoms with E-state index < -0.39 is 0 Å². The van der Waals surface area contributed by atoms with E-state index in [2.05, 4.69) is 29.4 Å². The van der Waals surface area contributed by atoms with Gasteiger partial charge < -0.3 is 20.6 Å². The third-order valence-corrected chi connectivity index (χ3v) is 7.98. The zero-order valence-electron chi connectivity index (χ0n) is 25.3. The third kappa shape index (κ3) is 19.9. The smallest absolute Gasteiger partial charge is 0.243 e. The summed E-state index contributed by atoms with van der Waals surface area (Å²) in [6, 6.07) is -0.390. The standard InChI is InChI=1S/C32H63N3O3/c1-3-5-7-9-11-13-14-16-18-21-25-35(26-22-20-24-30-32(38)33-27-31(37)34-30)28-29(36)23-19-17-15-12-10-8-6-4-2/h29-30,36H,3-28H2,1-2H3,(H,33,38)(H,34,37)/t29-,30+/m0/s1. The first-order valence-electron chi connectivity index (χ1n) is 16.5. The van der Waals surface area contributed by atoms with Gasteiger partial charge in [0.15, 0.2) is 0 Å². The second-order valence-electron chi connectivity index (χ2n) is 11.7. The zero-order chi connectivity index (χ0) is 27.7. The molecule has 6 heteroatoms. The molecule has 2 amide bonds. The van der Waals surface area contributed by atoms with Crippen LogP contribution in [-0.2, 0) is 9.59 Å². The van der Waals surface area contributed by atoms with E-state index in [1.807, 2.05) is 0 Å². The van der Waals surface area contributed by atoms with Crippen molar-refractivity contribution < 1.29 is 14.7 Å². The van der Waals surface area contributed by atoms with Crippen molar-refractivity contribution in [3.8, 4) is 0 Å². The van der Waals surface area contributed by atoms with Gasteiger partial charge in [-0.15, -0.1) is 0 Å². The van der Waals surface area contributed by atoms with Gasteiger partial charge in [-0.2, -0.15) is 0 Å². The van der Waals surface area contributed by atoms with Crippen molar-refractivity contribution in [2.24, 2.45) is 0 Å². The van der Waals surface area contributed by atoms with Crippen LogP contribution in [-0.4, -0.2) is 60.1 Å². The van der Waals surface area contributed by atoms with Gasteiger partial charge in [0.05, 0.1) is 12.6 Å². The van der Waals surface area contributed by atoms with Gasteiger partial charge in [-0.25, -0.2) is 0 Å². The summed E-state index contributed by atoms with van der Waals surface area (Å²) in [4.78, 5) is 26.0. The lowest BCUT2D eigenvalue weighted by Crippen LogP contribution is -2.56. The maximum Gasteiger partial charge on any atom is 0.243 e. The molecular weight excluding hydrogens is 474 g/mol. The molecule has 1 aliphatic heterocycles. The van der Waals surface area contributed by atoms with E-state index in [4.69, 9.17) is 0 Å². The van der Waals surface area contributed by atoms with Crippen LogP contribution in [0.4, 0.5) is 0 Å². The molecule has 3 N–H and O–H groups in total. The molecule has 38 heavy (non-hydrogen) atoms. The van der Waals surface area contributed by atoms with E-state index in [0.29, 0.717) is 6.42 Å². The Hall–Kier alpha value is -1.14. The number of unbranched alkanes of at least 4 members (excludes halogenated alkanes) is 17. The number of carbonyl (C=O) groups excluding carboxylic acids is 2. The number of hydrogen-bond donors (Lipinski definition) is 3. The van der Waals surface area contributed by atoms with Crippen LogP contribution in [0.1, 0.15) is 155 Å². The van der Waals surface area contributed by atoms with Gasteiger partial charge >= 0.3 is 0 Å². The summed E-state index contributed by atoms with van der Waals surface area (Å²) >= 11 is 0. The number of amides is 2. The molecule has 0 saturated carbocycles. The number of hydrogen-bond acceptors (Lipinski definition) is 4. The van der Waals surface area contributed by atoms with E-state index in [9.17, 15) is 14.7 Å². The molecule has 0 aromatic rings. The second kappa shape index (κ2) is 24.9. The third-order valence-electron chi connectivity index (χ3n) is 7.98. The predicted molar refractivity (Wildman–Crippen MR) is 160 cm³/mol. The lowest BCUT2D eigenvalue weighted by Gasteiger charge is -2.26. The maximum atomic E-state index is 12.0. The molecule has 1 saturated heterocycles. The largest absolute Gasteiger partial charge is 0.392 e. The monoisotopic (exact) mass is 537 g/mol. The molecule has 224 valence electrons. The van der Waals surface area contributed by atoms with Gasteiger partial charge in [0.25, 0.3) is 0 Å². The molecule has 0 radical (unpaired) electrons. The SMILES string of the molecule is CCCCCCCCCCCCN(CCCC[C@H]1NC(=O)CNC1=O)C[C@@H](O)CCCCCCCCCC. The first kappa shape index (κ1) is 34.9. The molecule has 2 atom stereocenters. The van der Waals surface area contributed by atoms with Crippen molar-refractivity contribution >= 4 is 11.8 Å². The molecule has 1 aliphatic rings. The van der Waals surface area contributed by atoms with E-state index in [1.165, 1.54) is 109 Å². The van der Waals surface area contributed by atoms with Gasteiger partial charge in [-0.1, -0.05) is 123 Å². The number of aliphatic hydroxyl groups is 1. The molecule has 6 nitrogen and oxygen atoms in total. The Morgan fingerprint density at radius 1 is 0.711 bits per heavy atom. The summed E-state index contributed by atoms with van der Waals surface area (Å²) in [7, 11) is 0. The Kier molecular flexibility index (Phi) is 22.8. The zero-order valence-corrected chi connectivity index (χ0v) is 25.3. The fraction of sp³-hybridized carbons (Fsp3) is 0.938. The Bertz CT molecular complexity index is 572. The molecule has 1 fully saturated rings. The van der Waals surface area contributed by atoms with Gasteiger partial charge in [0.2, 0.25) is 11.8 Å². The highest BCUT2D eigenvalue weighted by Crippen LogP contribution is 2.14. The summed E-state index contributed by atoms with van der Waals surface area (Å²) < 4.78 is 0. The molecule has 1 heterocycles. The van der Waals surface area contributed by atoms with Crippen molar-refractivity contribution in [1.82, 2.24) is 15.5 Å². The van der Waals surface area contributed by atoms with E-state index in [1.54, 1.807) is 0 Å². The Morgan fingerprint density at radius 2 is 1.18 bits per heavy atom. The summed E-state index contributed by atoms with van der Waals surface area (Å²) in [5.41, 5.74) is 0. The summed E-state index contributed by atoms with van der Waals surface area (Å²) in [5, 5.41) is 16.2. The number of carbonyl (C=O) groups is 2. The van der Waals surface area contributed by atoms with Crippen LogP contribution >= 0.6 is 0 Å². The number of nitrogens with one attached hydrogen (secondary N) is 2. The normalized spacial score (nSPS) is 16.6. The highest BCUT2D eigenvalue weighted by molar-refractivity contribution is 5.94. The average molecular weight is 538 g/mol. The van der Waals surface area contributed by atoms with Gasteiger partial charge in [0, 0.05) is 6.54 Å². The summed E-state index contributed by atoms with van der Waals surface area (Å²) in [5.74, 6) is -0.158. The molecular formula is C32H63N3O3. The lowest BCUT2D eigenvalue weighted by molar-refractivity contribution is -0.133. The summed E-state index contributed by atoms with van der Waals surface area (Å²) in [6.07, 6.45) is 27.0. The second-order valence-corrected chi connectivity index (χ2v) is 11.7. The molecule has 0 aromatic carbocycles. The summed E-state index contributed by atoms with van der Waals surface area (Å²) in [6.45, 7) is 7.39. The average Bonchev–Trinajstić information content (AvgIpc) is 2.90. The van der Waals surface area contributed by atoms with Crippen LogP contribution in [0.2, 0.25) is 0 Å². The predicted octanol–water partition coefficient (Wildman–Crippen LogP) is 6.89. The van der Waals surface area contributed by atoms with E-state index in [0.717, 1.165) is 45.3 Å². The molecule has 0 bridgehead atoms. The minimum absolute atomic E-state index is 0.0624. The Labute approximate surface area is 235 Å². The number of rotatable bonds is 27. The molecule has 0 aliphatic carbocycles. The lowest BCUT2D eigenvalue weighted by atomic mass is 10.0. The van der Waals surface area contributed by atoms with Crippen LogP contribution in [0.5, 0.6) is 0 Å². The minimum Gasteiger partial charge on any atom is -0.392 e. The van der Waals surface area contributed by atoms with Crippen LogP contribution < -0.4 is 10.6 Å². The first-order chi connectivity index (χ1) is 18.6. The van der Waals surface area contributed by atoms with Crippen molar-refractivity contribution in [2.45, 2.75) is 167 Å². The topological polar surface area (TPSA) is 81.7 Å². The maximum absolute atomic E-state index is 12.0. The first-order valence-corrected chi connectivity index (χ1v) is 16.5. The molecule has 0 unspecified atom stereocenters. The van der Waals surface area contributed by atoms with Crippen molar-refractivity contribution in [3.05, 3.63) is 0 Å². The van der Waals surface area contributed by atoms with Gasteiger partial charge in [0.1, 0.15) is 6.04 Å². The fourth-order valence-electron chi connectivity index (χ4n) is 5.51. The molecule has 0 spiro atoms. The van der Waals surface area contributed by atoms with Crippen LogP contribution in [0.25, 0.3) is 0 Å². The van der Waals surface area contributed by atoms with Crippen molar-refractivity contribution in [2.75, 3.05) is 26.2 Å². The van der Waals surface area contributed by atoms with Crippen LogP contribution in [0.15, 0.2) is 0 Å². The van der Waals surface area contributed by atoms with Crippen molar-refractivity contribution in [1.29, 1.82) is 0 Å². The highest BCUT2D eigenvalue weighted by atomic mass is 16.3. The molecule has 1 rings (SSSR count). The Morgan fingerprint density at radius 3 is 1.74 bits per heavy atom. The molecule has 0 aromatic heterocycles. The van der Waals surface area contributed by atoms with Crippen molar-refractivity contribution in [3.63, 3.8) is 0 Å². The van der Waals surface area contributed by atoms with E-state index in [-0.39, 0.29) is 30.5 Å². The minimum atomic E-state index is -0.390. The number of nitrogens with zero attached hydrogens (tertiary/aromatic N) is 1. The van der Waals surface area contributed by atoms with Gasteiger partial charge in [-0.05, 0) is 45.2 Å². The van der Waals surface area contributed by atoms with Gasteiger partial charge in [-0.3, -0.25) is 9.59 Å². The fourth-order valence-corrected chi connectivity index (χ4v) is 5.51. The number of aliphatic hydroxyl groups excluding tert-OH is 1. The Balaban J connectivity index is 2.26. The van der Waals surface area contributed by atoms with Crippen LogP contribution in [0.3, 0.4) is 0 Å². The van der Waals surface area contributed by atoms with E-state index >= 15 is 0 Å². The van der Waals surface area contributed by atoms with Crippen LogP contribution in [0, 0.1) is 0 Å². The highest BCUT2D eigenvalue weighted by Gasteiger charge is 2.25. The quantitative estimate of drug-likeness (QED) is 0.0997.